The molecule has 0 spiro atoms. The van der Waals surface area contributed by atoms with Crippen LogP contribution in [0.5, 0.6) is 17.2 Å². The van der Waals surface area contributed by atoms with Gasteiger partial charge in [-0.05, 0) is 56.2 Å². The lowest BCUT2D eigenvalue weighted by molar-refractivity contribution is 0.0849. The maximum atomic E-state index is 12.9. The molecule has 0 saturated carbocycles. The number of hydrogen-bond acceptors (Lipinski definition) is 6. The number of carbonyl (C=O) groups excluding carboxylic acids is 1. The third kappa shape index (κ3) is 5.45. The van der Waals surface area contributed by atoms with E-state index in [-0.39, 0.29) is 17.5 Å². The topological polar surface area (TPSA) is 75.5 Å². The number of aryl methyl sites for hydroxylation is 1. The Hall–Kier alpha value is -3.61. The van der Waals surface area contributed by atoms with Crippen LogP contribution >= 0.6 is 0 Å². The number of carbonyl (C=O) groups is 1. The zero-order chi connectivity index (χ0) is 25.1. The summed E-state index contributed by atoms with van der Waals surface area (Å²) in [5.74, 6) is 2.06. The number of benzene rings is 2. The van der Waals surface area contributed by atoms with E-state index in [4.69, 9.17) is 14.2 Å². The minimum atomic E-state index is -0.360. The predicted molar refractivity (Wildman–Crippen MR) is 137 cm³/mol. The van der Waals surface area contributed by atoms with Gasteiger partial charge in [-0.25, -0.2) is 0 Å². The Labute approximate surface area is 212 Å². The van der Waals surface area contributed by atoms with Crippen molar-refractivity contribution in [3.8, 4) is 17.2 Å². The molecule has 1 unspecified atom stereocenters. The van der Waals surface area contributed by atoms with Crippen LogP contribution in [0.4, 0.5) is 0 Å². The summed E-state index contributed by atoms with van der Waals surface area (Å²) in [4.78, 5) is 12.9. The van der Waals surface area contributed by atoms with Gasteiger partial charge < -0.3 is 14.2 Å². The van der Waals surface area contributed by atoms with Crippen LogP contribution in [0.1, 0.15) is 86.2 Å². The van der Waals surface area contributed by atoms with Gasteiger partial charge in [-0.15, -0.1) is 5.10 Å². The molecule has 0 saturated heterocycles. The summed E-state index contributed by atoms with van der Waals surface area (Å²) in [6, 6.07) is 11.3. The minimum absolute atomic E-state index is 0.0597. The van der Waals surface area contributed by atoms with E-state index in [0.29, 0.717) is 30.1 Å². The first-order valence-electron chi connectivity index (χ1n) is 12.8. The predicted octanol–water partition coefficient (Wildman–Crippen LogP) is 6.33. The number of fused-ring (bicyclic) bond motifs is 2. The van der Waals surface area contributed by atoms with Crippen LogP contribution in [0.3, 0.4) is 0 Å². The number of ether oxygens (including phenoxy) is 3. The van der Waals surface area contributed by atoms with Crippen molar-refractivity contribution < 1.29 is 19.0 Å². The molecule has 1 aromatic heterocycles. The number of rotatable bonds is 9. The zero-order valence-electron chi connectivity index (χ0n) is 21.2. The lowest BCUT2D eigenvalue weighted by Gasteiger charge is -2.30. The average molecular weight is 488 g/mol. The van der Waals surface area contributed by atoms with Gasteiger partial charge in [0.2, 0.25) is 0 Å². The van der Waals surface area contributed by atoms with E-state index >= 15 is 0 Å². The second-order valence-electron chi connectivity index (χ2n) is 10.1. The average Bonchev–Trinajstić information content (AvgIpc) is 3.32. The first-order valence-corrected chi connectivity index (χ1v) is 12.8. The molecule has 0 aliphatic carbocycles. The molecule has 2 aliphatic heterocycles. The van der Waals surface area contributed by atoms with E-state index < -0.39 is 0 Å². The van der Waals surface area contributed by atoms with Crippen LogP contribution in [0.25, 0.3) is 6.08 Å². The Bertz CT molecular complexity index is 1280. The number of ketones is 1. The Morgan fingerprint density at radius 3 is 2.86 bits per heavy atom. The van der Waals surface area contributed by atoms with Gasteiger partial charge in [0.05, 0.1) is 18.2 Å². The first-order chi connectivity index (χ1) is 17.4. The summed E-state index contributed by atoms with van der Waals surface area (Å²) in [6.45, 7) is 7.42. The van der Waals surface area contributed by atoms with Crippen molar-refractivity contribution in [1.82, 2.24) is 15.0 Å². The molecule has 0 bridgehead atoms. The van der Waals surface area contributed by atoms with E-state index in [2.05, 4.69) is 23.3 Å². The molecule has 0 radical (unpaired) electrons. The number of unbranched alkanes of at least 4 members (excludes halogenated alkanes) is 3. The van der Waals surface area contributed by atoms with Crippen LogP contribution in [0.2, 0.25) is 0 Å². The highest BCUT2D eigenvalue weighted by atomic mass is 16.5. The number of Topliss-reactive ketones (excluding diaryl/α,β-unsaturated/α-hetero) is 1. The van der Waals surface area contributed by atoms with Gasteiger partial charge in [-0.1, -0.05) is 43.5 Å². The third-order valence-electron chi connectivity index (χ3n) is 6.55. The summed E-state index contributed by atoms with van der Waals surface area (Å²) in [5, 5.41) is 8.40. The second-order valence-corrected chi connectivity index (χ2v) is 10.1. The molecule has 3 aromatic rings. The largest absolute Gasteiger partial charge is 0.487 e. The van der Waals surface area contributed by atoms with Crippen molar-refractivity contribution >= 4 is 11.9 Å². The molecule has 7 heteroatoms. The molecule has 2 aliphatic rings. The lowest BCUT2D eigenvalue weighted by Crippen LogP contribution is -2.27. The highest BCUT2D eigenvalue weighted by molar-refractivity contribution is 6.00. The van der Waals surface area contributed by atoms with Crippen LogP contribution in [-0.2, 0) is 13.2 Å². The summed E-state index contributed by atoms with van der Waals surface area (Å²) in [7, 11) is 0. The Balaban J connectivity index is 1.24. The molecule has 0 amide bonds. The summed E-state index contributed by atoms with van der Waals surface area (Å²) < 4.78 is 20.1. The quantitative estimate of drug-likeness (QED) is 0.328. The van der Waals surface area contributed by atoms with E-state index in [1.54, 1.807) is 18.2 Å². The molecule has 1 atom stereocenters. The van der Waals surface area contributed by atoms with Gasteiger partial charge in [0, 0.05) is 18.2 Å². The van der Waals surface area contributed by atoms with E-state index in [1.165, 1.54) is 19.3 Å². The summed E-state index contributed by atoms with van der Waals surface area (Å²) in [6.07, 6.45) is 10.7. The van der Waals surface area contributed by atoms with Gasteiger partial charge in [0.1, 0.15) is 41.3 Å². The number of aromatic nitrogens is 3. The van der Waals surface area contributed by atoms with Gasteiger partial charge in [0.15, 0.2) is 5.78 Å². The fourth-order valence-corrected chi connectivity index (χ4v) is 4.55. The van der Waals surface area contributed by atoms with Gasteiger partial charge >= 0.3 is 0 Å². The fraction of sp³-hybridized carbons (Fsp3) is 0.414. The monoisotopic (exact) mass is 487 g/mol. The molecule has 0 fully saturated rings. The molecule has 2 aromatic carbocycles. The highest BCUT2D eigenvalue weighted by Gasteiger charge is 2.29. The molecule has 0 N–H and O–H groups in total. The van der Waals surface area contributed by atoms with Gasteiger partial charge in [0.25, 0.3) is 0 Å². The minimum Gasteiger partial charge on any atom is -0.487 e. The Morgan fingerprint density at radius 2 is 2.00 bits per heavy atom. The molecule has 3 heterocycles. The molecule has 7 nitrogen and oxygen atoms in total. The standard InChI is InChI=1S/C29H33N3O4/c1-4-5-6-7-14-32-18-22(30-31-32)19-34-23-9-10-24-25(33)17-27(35-28(24)16-23)20-8-11-26-21(15-20)12-13-29(2,3)36-26/h8-13,15-16,18,27H,4-7,14,17,19H2,1-3H3. The van der Waals surface area contributed by atoms with E-state index in [9.17, 15) is 4.79 Å². The number of hydrogen-bond donors (Lipinski definition) is 0. The fourth-order valence-electron chi connectivity index (χ4n) is 4.55. The SMILES string of the molecule is CCCCCCn1cc(COc2ccc3c(c2)OC(c2ccc4c(c2)C=CC(C)(C)O4)CC3=O)nn1. The van der Waals surface area contributed by atoms with Crippen molar-refractivity contribution in [3.63, 3.8) is 0 Å². The smallest absolute Gasteiger partial charge is 0.170 e. The van der Waals surface area contributed by atoms with E-state index in [0.717, 1.165) is 35.5 Å². The Kier molecular flexibility index (Phi) is 6.81. The summed E-state index contributed by atoms with van der Waals surface area (Å²) in [5.41, 5.74) is 2.96. The number of nitrogens with zero attached hydrogens (tertiary/aromatic N) is 3. The molecule has 36 heavy (non-hydrogen) atoms. The second kappa shape index (κ2) is 10.2. The van der Waals surface area contributed by atoms with E-state index in [1.807, 2.05) is 49.0 Å². The Morgan fingerprint density at radius 1 is 1.11 bits per heavy atom. The molecule has 5 rings (SSSR count). The van der Waals surface area contributed by atoms with Crippen molar-refractivity contribution in [2.24, 2.45) is 0 Å². The zero-order valence-corrected chi connectivity index (χ0v) is 21.2. The maximum Gasteiger partial charge on any atom is 0.170 e. The van der Waals surface area contributed by atoms with Crippen molar-refractivity contribution in [2.75, 3.05) is 0 Å². The highest BCUT2D eigenvalue weighted by Crippen LogP contribution is 2.39. The van der Waals surface area contributed by atoms with Crippen LogP contribution in [-0.4, -0.2) is 26.4 Å². The summed E-state index contributed by atoms with van der Waals surface area (Å²) >= 11 is 0. The van der Waals surface area contributed by atoms with Crippen molar-refractivity contribution in [3.05, 3.63) is 71.1 Å². The van der Waals surface area contributed by atoms with Crippen molar-refractivity contribution in [1.29, 1.82) is 0 Å². The van der Waals surface area contributed by atoms with Gasteiger partial charge in [-0.2, -0.15) is 0 Å². The lowest BCUT2D eigenvalue weighted by atomic mass is 9.94. The van der Waals surface area contributed by atoms with Crippen molar-refractivity contribution in [2.45, 2.75) is 77.7 Å². The van der Waals surface area contributed by atoms with Crippen LogP contribution < -0.4 is 14.2 Å². The van der Waals surface area contributed by atoms with Gasteiger partial charge in [-0.3, -0.25) is 9.48 Å². The molecular formula is C29H33N3O4. The maximum absolute atomic E-state index is 12.9. The van der Waals surface area contributed by atoms with Crippen LogP contribution in [0, 0.1) is 0 Å². The third-order valence-corrected chi connectivity index (χ3v) is 6.55. The first kappa shape index (κ1) is 24.1. The molecule has 188 valence electrons. The van der Waals surface area contributed by atoms with Crippen LogP contribution in [0.15, 0.2) is 48.7 Å². The normalized spacial score (nSPS) is 17.6. The molecular weight excluding hydrogens is 454 g/mol.